The van der Waals surface area contributed by atoms with Crippen molar-refractivity contribution >= 4 is 17.3 Å². The highest BCUT2D eigenvalue weighted by Crippen LogP contribution is 2.27. The molecule has 1 atom stereocenters. The third kappa shape index (κ3) is 3.75. The summed E-state index contributed by atoms with van der Waals surface area (Å²) in [7, 11) is 0. The molecule has 1 heterocycles. The number of benzene rings is 2. The van der Waals surface area contributed by atoms with Gasteiger partial charge in [-0.3, -0.25) is 4.79 Å². The maximum Gasteiger partial charge on any atom is 0.255 e. The molecule has 2 aromatic carbocycles. The van der Waals surface area contributed by atoms with E-state index in [0.717, 1.165) is 18.7 Å². The molecule has 0 spiro atoms. The van der Waals surface area contributed by atoms with Crippen LogP contribution in [0.5, 0.6) is 0 Å². The van der Waals surface area contributed by atoms with Gasteiger partial charge in [0.1, 0.15) is 5.82 Å². The summed E-state index contributed by atoms with van der Waals surface area (Å²) in [5.74, 6) is -0.708. The van der Waals surface area contributed by atoms with Crippen LogP contribution in [0.2, 0.25) is 0 Å². The Morgan fingerprint density at radius 1 is 1.21 bits per heavy atom. The topological polar surface area (TPSA) is 32.3 Å². The lowest BCUT2D eigenvalue weighted by Gasteiger charge is -2.37. The number of hydrogen-bond acceptors (Lipinski definition) is 2. The van der Waals surface area contributed by atoms with E-state index >= 15 is 0 Å². The van der Waals surface area contributed by atoms with Crippen molar-refractivity contribution in [2.24, 2.45) is 0 Å². The van der Waals surface area contributed by atoms with Gasteiger partial charge in [0.2, 0.25) is 0 Å². The molecule has 1 aliphatic heterocycles. The zero-order chi connectivity index (χ0) is 16.9. The molecule has 1 fully saturated rings. The van der Waals surface area contributed by atoms with Crippen LogP contribution in [0.3, 0.4) is 0 Å². The Bertz CT molecular complexity index is 699. The van der Waals surface area contributed by atoms with E-state index in [2.05, 4.69) is 29.3 Å². The molecule has 0 aliphatic carbocycles. The van der Waals surface area contributed by atoms with Crippen LogP contribution in [0.4, 0.5) is 15.8 Å². The van der Waals surface area contributed by atoms with Gasteiger partial charge in [0.05, 0.1) is 0 Å². The fourth-order valence-electron chi connectivity index (χ4n) is 3.33. The number of anilines is 2. The number of hydrogen-bond donors (Lipinski definition) is 1. The first-order valence-corrected chi connectivity index (χ1v) is 8.61. The van der Waals surface area contributed by atoms with Gasteiger partial charge in [-0.25, -0.2) is 4.39 Å². The van der Waals surface area contributed by atoms with Crippen molar-refractivity contribution in [3.8, 4) is 0 Å². The standard InChI is InChI=1S/C20H23FN2O/c1-2-18-8-3-4-13-23(18)19-11-9-17(10-12-19)22-20(24)15-6-5-7-16(21)14-15/h5-7,9-12,14,18H,2-4,8,13H2,1H3,(H,22,24). The number of nitrogens with zero attached hydrogens (tertiary/aromatic N) is 1. The predicted molar refractivity (Wildman–Crippen MR) is 96.1 cm³/mol. The van der Waals surface area contributed by atoms with Crippen LogP contribution in [-0.2, 0) is 0 Å². The van der Waals surface area contributed by atoms with Gasteiger partial charge < -0.3 is 10.2 Å². The summed E-state index contributed by atoms with van der Waals surface area (Å²) < 4.78 is 13.2. The van der Waals surface area contributed by atoms with E-state index in [-0.39, 0.29) is 5.91 Å². The van der Waals surface area contributed by atoms with Crippen molar-refractivity contribution in [1.29, 1.82) is 0 Å². The van der Waals surface area contributed by atoms with Gasteiger partial charge >= 0.3 is 0 Å². The van der Waals surface area contributed by atoms with Gasteiger partial charge in [-0.2, -0.15) is 0 Å². The van der Waals surface area contributed by atoms with Crippen molar-refractivity contribution in [3.63, 3.8) is 0 Å². The molecule has 1 unspecified atom stereocenters. The molecule has 1 N–H and O–H groups in total. The van der Waals surface area contributed by atoms with E-state index in [1.807, 2.05) is 12.1 Å². The normalized spacial score (nSPS) is 17.6. The van der Waals surface area contributed by atoms with Crippen molar-refractivity contribution in [1.82, 2.24) is 0 Å². The monoisotopic (exact) mass is 326 g/mol. The molecule has 0 radical (unpaired) electrons. The Labute approximate surface area is 142 Å². The van der Waals surface area contributed by atoms with Crippen molar-refractivity contribution in [3.05, 3.63) is 59.9 Å². The van der Waals surface area contributed by atoms with Crippen LogP contribution in [-0.4, -0.2) is 18.5 Å². The predicted octanol–water partition coefficient (Wildman–Crippen LogP) is 4.85. The maximum atomic E-state index is 13.2. The fourth-order valence-corrected chi connectivity index (χ4v) is 3.33. The molecule has 126 valence electrons. The molecule has 1 aliphatic rings. The summed E-state index contributed by atoms with van der Waals surface area (Å²) in [6.45, 7) is 3.32. The highest BCUT2D eigenvalue weighted by molar-refractivity contribution is 6.04. The molecule has 1 saturated heterocycles. The molecule has 3 nitrogen and oxygen atoms in total. The molecule has 0 aromatic heterocycles. The van der Waals surface area contributed by atoms with E-state index < -0.39 is 5.82 Å². The molecular weight excluding hydrogens is 303 g/mol. The van der Waals surface area contributed by atoms with Crippen LogP contribution >= 0.6 is 0 Å². The SMILES string of the molecule is CCC1CCCCN1c1ccc(NC(=O)c2cccc(F)c2)cc1. The fraction of sp³-hybridized carbons (Fsp3) is 0.350. The average Bonchev–Trinajstić information content (AvgIpc) is 2.62. The van der Waals surface area contributed by atoms with Crippen LogP contribution in [0, 0.1) is 5.82 Å². The van der Waals surface area contributed by atoms with Gasteiger partial charge in [-0.1, -0.05) is 13.0 Å². The molecule has 24 heavy (non-hydrogen) atoms. The van der Waals surface area contributed by atoms with Crippen LogP contribution in [0.1, 0.15) is 43.0 Å². The summed E-state index contributed by atoms with van der Waals surface area (Å²) in [5, 5.41) is 2.82. The van der Waals surface area contributed by atoms with Crippen molar-refractivity contribution in [2.45, 2.75) is 38.6 Å². The molecule has 2 aromatic rings. The number of halogens is 1. The minimum atomic E-state index is -0.409. The third-order valence-corrected chi connectivity index (χ3v) is 4.64. The van der Waals surface area contributed by atoms with E-state index in [9.17, 15) is 9.18 Å². The van der Waals surface area contributed by atoms with Gasteiger partial charge in [-0.05, 0) is 68.1 Å². The smallest absolute Gasteiger partial charge is 0.255 e. The maximum absolute atomic E-state index is 13.2. The van der Waals surface area contributed by atoms with Crippen molar-refractivity contribution in [2.75, 3.05) is 16.8 Å². The van der Waals surface area contributed by atoms with Gasteiger partial charge in [0.15, 0.2) is 0 Å². The lowest BCUT2D eigenvalue weighted by Crippen LogP contribution is -2.39. The lowest BCUT2D eigenvalue weighted by atomic mass is 9.99. The zero-order valence-electron chi connectivity index (χ0n) is 14.0. The number of carbonyl (C=O) groups is 1. The van der Waals surface area contributed by atoms with E-state index in [1.165, 1.54) is 43.1 Å². The largest absolute Gasteiger partial charge is 0.369 e. The summed E-state index contributed by atoms with van der Waals surface area (Å²) in [6, 6.07) is 14.2. The van der Waals surface area contributed by atoms with Crippen molar-refractivity contribution < 1.29 is 9.18 Å². The number of carbonyl (C=O) groups excluding carboxylic acids is 1. The molecule has 0 saturated carbocycles. The Balaban J connectivity index is 1.69. The second-order valence-electron chi connectivity index (χ2n) is 6.26. The number of amides is 1. The van der Waals surface area contributed by atoms with Gasteiger partial charge in [0.25, 0.3) is 5.91 Å². The first kappa shape index (κ1) is 16.5. The highest BCUT2D eigenvalue weighted by Gasteiger charge is 2.20. The minimum absolute atomic E-state index is 0.299. The summed E-state index contributed by atoms with van der Waals surface area (Å²) >= 11 is 0. The van der Waals surface area contributed by atoms with Crippen LogP contribution in [0.15, 0.2) is 48.5 Å². The van der Waals surface area contributed by atoms with Gasteiger partial charge in [-0.15, -0.1) is 0 Å². The molecule has 3 rings (SSSR count). The Morgan fingerprint density at radius 2 is 2.00 bits per heavy atom. The van der Waals surface area contributed by atoms with E-state index in [4.69, 9.17) is 0 Å². The highest BCUT2D eigenvalue weighted by atomic mass is 19.1. The number of nitrogens with one attached hydrogen (secondary N) is 1. The second-order valence-corrected chi connectivity index (χ2v) is 6.26. The minimum Gasteiger partial charge on any atom is -0.369 e. The third-order valence-electron chi connectivity index (χ3n) is 4.64. The lowest BCUT2D eigenvalue weighted by molar-refractivity contribution is 0.102. The Morgan fingerprint density at radius 3 is 2.71 bits per heavy atom. The van der Waals surface area contributed by atoms with Crippen LogP contribution in [0.25, 0.3) is 0 Å². The zero-order valence-corrected chi connectivity index (χ0v) is 14.0. The first-order valence-electron chi connectivity index (χ1n) is 8.61. The number of rotatable bonds is 4. The van der Waals surface area contributed by atoms with Gasteiger partial charge in [0, 0.05) is 29.5 Å². The molecule has 1 amide bonds. The molecule has 4 heteroatoms. The average molecular weight is 326 g/mol. The summed E-state index contributed by atoms with van der Waals surface area (Å²) in [4.78, 5) is 14.6. The summed E-state index contributed by atoms with van der Waals surface area (Å²) in [6.07, 6.45) is 4.93. The molecule has 0 bridgehead atoms. The molecular formula is C20H23FN2O. The van der Waals surface area contributed by atoms with Crippen LogP contribution < -0.4 is 10.2 Å². The first-order chi connectivity index (χ1) is 11.7. The number of piperidine rings is 1. The quantitative estimate of drug-likeness (QED) is 0.871. The van der Waals surface area contributed by atoms with E-state index in [1.54, 1.807) is 6.07 Å². The summed E-state index contributed by atoms with van der Waals surface area (Å²) in [5.41, 5.74) is 2.24. The van der Waals surface area contributed by atoms with E-state index in [0.29, 0.717) is 11.6 Å². The Hall–Kier alpha value is -2.36. The second kappa shape index (κ2) is 7.47. The Kier molecular flexibility index (Phi) is 5.14.